The summed E-state index contributed by atoms with van der Waals surface area (Å²) >= 11 is 0. The number of carbonyl (C=O) groups is 1. The normalized spacial score (nSPS) is 11.1. The Bertz CT molecular complexity index is 553. The first-order valence-electron chi connectivity index (χ1n) is 11.8. The van der Waals surface area contributed by atoms with Crippen molar-refractivity contribution in [2.24, 2.45) is 0 Å². The monoisotopic (exact) mass is 401 g/mol. The second-order valence-corrected chi connectivity index (χ2v) is 7.96. The molecular weight excluding hydrogens is 358 g/mol. The third-order valence-electron chi connectivity index (χ3n) is 5.29. The lowest BCUT2D eigenvalue weighted by atomic mass is 10.1. The highest BCUT2D eigenvalue weighted by atomic mass is 16.5. The van der Waals surface area contributed by atoms with Crippen LogP contribution in [-0.4, -0.2) is 13.0 Å². The van der Waals surface area contributed by atoms with Crippen molar-refractivity contribution in [2.75, 3.05) is 7.11 Å². The molecule has 0 heterocycles. The Kier molecular flexibility index (Phi) is 15.9. The maximum absolute atomic E-state index is 12.0. The Balaban J connectivity index is 1.88. The Morgan fingerprint density at radius 2 is 1.52 bits per heavy atom. The fraction of sp³-hybridized carbons (Fsp3) is 0.654. The topological polar surface area (TPSA) is 38.3 Å². The van der Waals surface area contributed by atoms with Crippen molar-refractivity contribution < 1.29 is 9.53 Å². The third-order valence-corrected chi connectivity index (χ3v) is 5.29. The number of methoxy groups -OCH3 is 1. The highest BCUT2D eigenvalue weighted by Crippen LogP contribution is 2.13. The lowest BCUT2D eigenvalue weighted by molar-refractivity contribution is -0.121. The van der Waals surface area contributed by atoms with Crippen molar-refractivity contribution >= 4 is 5.91 Å². The molecule has 0 atom stereocenters. The van der Waals surface area contributed by atoms with E-state index >= 15 is 0 Å². The molecule has 0 unspecified atom stereocenters. The standard InChI is InChI=1S/C26H43NO2/c1-3-4-5-6-7-8-9-10-11-12-13-14-15-16-17-21-26(28)27-23-24-19-18-20-25(22-24)29-2/h10-11,18-20,22H,3-9,12-17,21,23H2,1-2H3,(H,27,28)/b11-10+. The fourth-order valence-corrected chi connectivity index (χ4v) is 3.43. The Morgan fingerprint density at radius 1 is 0.897 bits per heavy atom. The molecule has 0 radical (unpaired) electrons. The van der Waals surface area contributed by atoms with Crippen LogP contribution in [0.1, 0.15) is 102 Å². The van der Waals surface area contributed by atoms with Gasteiger partial charge in [0.15, 0.2) is 0 Å². The van der Waals surface area contributed by atoms with Crippen molar-refractivity contribution in [1.82, 2.24) is 5.32 Å². The van der Waals surface area contributed by atoms with Crippen molar-refractivity contribution in [3.63, 3.8) is 0 Å². The smallest absolute Gasteiger partial charge is 0.220 e. The zero-order valence-electron chi connectivity index (χ0n) is 18.9. The van der Waals surface area contributed by atoms with Crippen LogP contribution in [0.4, 0.5) is 0 Å². The van der Waals surface area contributed by atoms with Crippen LogP contribution in [-0.2, 0) is 11.3 Å². The van der Waals surface area contributed by atoms with Gasteiger partial charge in [0.2, 0.25) is 5.91 Å². The number of benzene rings is 1. The van der Waals surface area contributed by atoms with Crippen LogP contribution >= 0.6 is 0 Å². The van der Waals surface area contributed by atoms with E-state index in [-0.39, 0.29) is 5.91 Å². The van der Waals surface area contributed by atoms with E-state index in [0.717, 1.165) is 24.2 Å². The largest absolute Gasteiger partial charge is 0.497 e. The predicted octanol–water partition coefficient (Wildman–Crippen LogP) is 7.35. The average Bonchev–Trinajstić information content (AvgIpc) is 2.75. The van der Waals surface area contributed by atoms with Crippen molar-refractivity contribution in [1.29, 1.82) is 0 Å². The lowest BCUT2D eigenvalue weighted by Crippen LogP contribution is -2.22. The van der Waals surface area contributed by atoms with Gasteiger partial charge in [-0.05, 0) is 49.8 Å². The zero-order valence-corrected chi connectivity index (χ0v) is 18.9. The molecule has 29 heavy (non-hydrogen) atoms. The Hall–Kier alpha value is -1.77. The van der Waals surface area contributed by atoms with Gasteiger partial charge in [0.05, 0.1) is 7.11 Å². The summed E-state index contributed by atoms with van der Waals surface area (Å²) in [7, 11) is 1.66. The molecular formula is C26H43NO2. The molecule has 0 fully saturated rings. The van der Waals surface area contributed by atoms with E-state index in [1.54, 1.807) is 7.11 Å². The van der Waals surface area contributed by atoms with E-state index in [1.165, 1.54) is 70.6 Å². The highest BCUT2D eigenvalue weighted by Gasteiger charge is 2.02. The minimum absolute atomic E-state index is 0.144. The van der Waals surface area contributed by atoms with Gasteiger partial charge in [-0.25, -0.2) is 0 Å². The molecule has 1 aromatic carbocycles. The van der Waals surface area contributed by atoms with Gasteiger partial charge in [-0.3, -0.25) is 4.79 Å². The van der Waals surface area contributed by atoms with Crippen LogP contribution in [0.25, 0.3) is 0 Å². The highest BCUT2D eigenvalue weighted by molar-refractivity contribution is 5.75. The van der Waals surface area contributed by atoms with Gasteiger partial charge >= 0.3 is 0 Å². The summed E-state index contributed by atoms with van der Waals surface area (Å²) in [6.45, 7) is 2.84. The molecule has 1 rings (SSSR count). The predicted molar refractivity (Wildman–Crippen MR) is 124 cm³/mol. The van der Waals surface area contributed by atoms with Gasteiger partial charge in [-0.15, -0.1) is 0 Å². The summed E-state index contributed by atoms with van der Waals surface area (Å²) in [5, 5.41) is 3.00. The molecule has 0 spiro atoms. The van der Waals surface area contributed by atoms with Crippen LogP contribution in [0, 0.1) is 0 Å². The van der Waals surface area contributed by atoms with Gasteiger partial charge in [-0.2, -0.15) is 0 Å². The number of hydrogen-bond donors (Lipinski definition) is 1. The number of carbonyl (C=O) groups excluding carboxylic acids is 1. The Morgan fingerprint density at radius 3 is 2.17 bits per heavy atom. The van der Waals surface area contributed by atoms with Crippen LogP contribution in [0.3, 0.4) is 0 Å². The molecule has 1 aromatic rings. The second kappa shape index (κ2) is 18.3. The summed E-state index contributed by atoms with van der Waals surface area (Å²) in [6, 6.07) is 7.83. The maximum Gasteiger partial charge on any atom is 0.220 e. The number of unbranched alkanes of at least 4 members (excludes halogenated alkanes) is 11. The van der Waals surface area contributed by atoms with Gasteiger partial charge in [0.1, 0.15) is 5.75 Å². The molecule has 3 heteroatoms. The van der Waals surface area contributed by atoms with E-state index < -0.39 is 0 Å². The van der Waals surface area contributed by atoms with E-state index in [0.29, 0.717) is 13.0 Å². The summed E-state index contributed by atoms with van der Waals surface area (Å²) in [5.74, 6) is 0.972. The van der Waals surface area contributed by atoms with Crippen LogP contribution in [0.15, 0.2) is 36.4 Å². The van der Waals surface area contributed by atoms with Crippen molar-refractivity contribution in [3.05, 3.63) is 42.0 Å². The molecule has 3 nitrogen and oxygen atoms in total. The van der Waals surface area contributed by atoms with Gasteiger partial charge in [-0.1, -0.05) is 82.6 Å². The minimum atomic E-state index is 0.144. The number of nitrogens with one attached hydrogen (secondary N) is 1. The molecule has 1 amide bonds. The third kappa shape index (κ3) is 14.8. The maximum atomic E-state index is 12.0. The van der Waals surface area contributed by atoms with E-state index in [1.807, 2.05) is 24.3 Å². The number of ether oxygens (including phenoxy) is 1. The Labute approximate surface area is 179 Å². The number of amides is 1. The van der Waals surface area contributed by atoms with E-state index in [4.69, 9.17) is 4.74 Å². The molecule has 1 N–H and O–H groups in total. The molecule has 0 aliphatic heterocycles. The van der Waals surface area contributed by atoms with Crippen LogP contribution in [0.2, 0.25) is 0 Å². The quantitative estimate of drug-likeness (QED) is 0.206. The van der Waals surface area contributed by atoms with Crippen molar-refractivity contribution in [3.8, 4) is 5.75 Å². The number of allylic oxidation sites excluding steroid dienone is 2. The van der Waals surface area contributed by atoms with Gasteiger partial charge in [0, 0.05) is 13.0 Å². The summed E-state index contributed by atoms with van der Waals surface area (Å²) in [5.41, 5.74) is 1.07. The molecule has 164 valence electrons. The molecule has 0 saturated heterocycles. The zero-order chi connectivity index (χ0) is 21.0. The summed E-state index contributed by atoms with van der Waals surface area (Å²) in [4.78, 5) is 12.0. The first kappa shape index (κ1) is 25.3. The van der Waals surface area contributed by atoms with E-state index in [9.17, 15) is 4.79 Å². The molecule has 0 saturated carbocycles. The summed E-state index contributed by atoms with van der Waals surface area (Å²) < 4.78 is 5.21. The van der Waals surface area contributed by atoms with E-state index in [2.05, 4.69) is 24.4 Å². The van der Waals surface area contributed by atoms with Gasteiger partial charge in [0.25, 0.3) is 0 Å². The second-order valence-electron chi connectivity index (χ2n) is 7.96. The summed E-state index contributed by atoms with van der Waals surface area (Å²) in [6.07, 6.45) is 22.0. The first-order valence-corrected chi connectivity index (χ1v) is 11.8. The number of rotatable bonds is 18. The van der Waals surface area contributed by atoms with Crippen LogP contribution in [0.5, 0.6) is 5.75 Å². The molecule has 0 bridgehead atoms. The molecule has 0 aromatic heterocycles. The van der Waals surface area contributed by atoms with Gasteiger partial charge < -0.3 is 10.1 Å². The minimum Gasteiger partial charge on any atom is -0.497 e. The van der Waals surface area contributed by atoms with Crippen LogP contribution < -0.4 is 10.1 Å². The lowest BCUT2D eigenvalue weighted by Gasteiger charge is -2.07. The average molecular weight is 402 g/mol. The SMILES string of the molecule is CCCCCCCC/C=C/CCCCCCCC(=O)NCc1cccc(OC)c1. The first-order chi connectivity index (χ1) is 14.3. The number of hydrogen-bond acceptors (Lipinski definition) is 2. The molecule has 0 aliphatic rings. The molecule has 0 aliphatic carbocycles. The van der Waals surface area contributed by atoms with Crippen molar-refractivity contribution in [2.45, 2.75) is 103 Å². The fourth-order valence-electron chi connectivity index (χ4n) is 3.43.